The summed E-state index contributed by atoms with van der Waals surface area (Å²) in [6, 6.07) is 8.73. The van der Waals surface area contributed by atoms with Gasteiger partial charge in [-0.25, -0.2) is 9.97 Å². The van der Waals surface area contributed by atoms with E-state index in [1.54, 1.807) is 36.7 Å². The standard InChI is InChI=1S/C24H25N7O3/c1-4-17-24(30(3)13-21-25-9-10-29(21)2)31-12-15(5-8-20(31)27-17)23(33)26-16-6-7-18-19(11-16)34-14-22(32)28-18/h5-12H,4,13-14H2,1-3H3,(H,26,33)(H,28,32). The maximum atomic E-state index is 13.1. The zero-order valence-electron chi connectivity index (χ0n) is 19.2. The number of anilines is 3. The van der Waals surface area contributed by atoms with Crippen LogP contribution in [-0.2, 0) is 24.8 Å². The largest absolute Gasteiger partial charge is 0.482 e. The van der Waals surface area contributed by atoms with E-state index in [1.165, 1.54) is 0 Å². The Morgan fingerprint density at radius 3 is 2.91 bits per heavy atom. The molecular weight excluding hydrogens is 434 g/mol. The topological polar surface area (TPSA) is 106 Å². The number of carbonyl (C=O) groups is 2. The minimum atomic E-state index is -0.258. The Morgan fingerprint density at radius 1 is 1.29 bits per heavy atom. The van der Waals surface area contributed by atoms with Crippen molar-refractivity contribution in [1.82, 2.24) is 18.9 Å². The molecule has 1 aliphatic heterocycles. The first kappa shape index (κ1) is 21.5. The lowest BCUT2D eigenvalue weighted by atomic mass is 10.2. The Hall–Kier alpha value is -4.34. The molecule has 0 unspecified atom stereocenters. The second kappa shape index (κ2) is 8.54. The number of hydrogen-bond acceptors (Lipinski definition) is 6. The summed E-state index contributed by atoms with van der Waals surface area (Å²) in [6.07, 6.45) is 6.26. The van der Waals surface area contributed by atoms with E-state index in [2.05, 4.69) is 27.4 Å². The summed E-state index contributed by atoms with van der Waals surface area (Å²) in [5.41, 5.74) is 3.37. The quantitative estimate of drug-likeness (QED) is 0.459. The van der Waals surface area contributed by atoms with Crippen LogP contribution < -0.4 is 20.3 Å². The third-order valence-corrected chi connectivity index (χ3v) is 5.79. The number of nitrogens with one attached hydrogen (secondary N) is 2. The number of amides is 2. The normalized spacial score (nSPS) is 12.7. The van der Waals surface area contributed by atoms with E-state index in [0.717, 1.165) is 29.4 Å². The van der Waals surface area contributed by atoms with E-state index in [1.807, 2.05) is 35.3 Å². The monoisotopic (exact) mass is 459 g/mol. The van der Waals surface area contributed by atoms with Crippen molar-refractivity contribution in [3.63, 3.8) is 0 Å². The van der Waals surface area contributed by atoms with Crippen LogP contribution in [0.5, 0.6) is 5.75 Å². The average molecular weight is 460 g/mol. The van der Waals surface area contributed by atoms with Crippen molar-refractivity contribution < 1.29 is 14.3 Å². The van der Waals surface area contributed by atoms with Crippen LogP contribution in [0.3, 0.4) is 0 Å². The Labute approximate surface area is 196 Å². The summed E-state index contributed by atoms with van der Waals surface area (Å²) in [6.45, 7) is 2.62. The summed E-state index contributed by atoms with van der Waals surface area (Å²) >= 11 is 0. The first-order valence-electron chi connectivity index (χ1n) is 11.0. The fourth-order valence-electron chi connectivity index (χ4n) is 4.05. The van der Waals surface area contributed by atoms with Crippen molar-refractivity contribution in [3.05, 3.63) is 66.0 Å². The Kier molecular flexibility index (Phi) is 5.40. The third-order valence-electron chi connectivity index (χ3n) is 5.79. The van der Waals surface area contributed by atoms with Gasteiger partial charge in [0.1, 0.15) is 23.0 Å². The zero-order chi connectivity index (χ0) is 23.8. The van der Waals surface area contributed by atoms with Crippen molar-refractivity contribution >= 4 is 34.7 Å². The summed E-state index contributed by atoms with van der Waals surface area (Å²) in [5.74, 6) is 1.92. The van der Waals surface area contributed by atoms with Gasteiger partial charge in [-0.3, -0.25) is 14.0 Å². The van der Waals surface area contributed by atoms with Gasteiger partial charge in [0.25, 0.3) is 11.8 Å². The molecule has 34 heavy (non-hydrogen) atoms. The number of fused-ring (bicyclic) bond motifs is 2. The molecule has 2 N–H and O–H groups in total. The van der Waals surface area contributed by atoms with Gasteiger partial charge in [-0.15, -0.1) is 0 Å². The molecule has 0 atom stereocenters. The molecule has 0 aliphatic carbocycles. The van der Waals surface area contributed by atoms with Gasteiger partial charge < -0.3 is 24.8 Å². The molecule has 0 bridgehead atoms. The summed E-state index contributed by atoms with van der Waals surface area (Å²) < 4.78 is 9.37. The number of ether oxygens (including phenoxy) is 1. The van der Waals surface area contributed by atoms with Gasteiger partial charge in [0.05, 0.1) is 23.5 Å². The highest BCUT2D eigenvalue weighted by Gasteiger charge is 2.19. The minimum Gasteiger partial charge on any atom is -0.482 e. The molecule has 0 saturated carbocycles. The highest BCUT2D eigenvalue weighted by molar-refractivity contribution is 6.05. The van der Waals surface area contributed by atoms with E-state index >= 15 is 0 Å². The molecule has 10 heteroatoms. The van der Waals surface area contributed by atoms with Gasteiger partial charge in [-0.05, 0) is 30.7 Å². The molecule has 0 radical (unpaired) electrons. The van der Waals surface area contributed by atoms with Crippen molar-refractivity contribution in [3.8, 4) is 5.75 Å². The van der Waals surface area contributed by atoms with Crippen LogP contribution in [0.25, 0.3) is 5.65 Å². The molecule has 174 valence electrons. The van der Waals surface area contributed by atoms with Crippen molar-refractivity contribution in [1.29, 1.82) is 0 Å². The maximum Gasteiger partial charge on any atom is 0.262 e. The first-order chi connectivity index (χ1) is 16.4. The smallest absolute Gasteiger partial charge is 0.262 e. The van der Waals surface area contributed by atoms with Crippen LogP contribution in [0.15, 0.2) is 48.9 Å². The predicted molar refractivity (Wildman–Crippen MR) is 128 cm³/mol. The zero-order valence-corrected chi connectivity index (χ0v) is 19.2. The van der Waals surface area contributed by atoms with Gasteiger partial charge in [-0.1, -0.05) is 6.92 Å². The summed E-state index contributed by atoms with van der Waals surface area (Å²) in [4.78, 5) is 35.8. The van der Waals surface area contributed by atoms with Crippen LogP contribution in [0.2, 0.25) is 0 Å². The number of aromatic nitrogens is 4. The lowest BCUT2D eigenvalue weighted by Gasteiger charge is -2.20. The Morgan fingerprint density at radius 2 is 2.15 bits per heavy atom. The molecule has 1 aromatic carbocycles. The number of rotatable bonds is 6. The molecule has 3 aromatic heterocycles. The van der Waals surface area contributed by atoms with Crippen LogP contribution in [0.1, 0.15) is 28.8 Å². The van der Waals surface area contributed by atoms with Crippen LogP contribution in [-0.4, -0.2) is 44.4 Å². The molecule has 10 nitrogen and oxygen atoms in total. The Balaban J connectivity index is 1.43. The van der Waals surface area contributed by atoms with E-state index < -0.39 is 0 Å². The highest BCUT2D eigenvalue weighted by atomic mass is 16.5. The van der Waals surface area contributed by atoms with Crippen molar-refractivity contribution in [2.24, 2.45) is 7.05 Å². The van der Waals surface area contributed by atoms with E-state index in [4.69, 9.17) is 9.72 Å². The molecule has 0 spiro atoms. The van der Waals surface area contributed by atoms with Gasteiger partial charge in [-0.2, -0.15) is 0 Å². The fraction of sp³-hybridized carbons (Fsp3) is 0.250. The van der Waals surface area contributed by atoms with Gasteiger partial charge in [0.2, 0.25) is 0 Å². The second-order valence-corrected chi connectivity index (χ2v) is 8.19. The number of aryl methyl sites for hydroxylation is 2. The lowest BCUT2D eigenvalue weighted by Crippen LogP contribution is -2.25. The van der Waals surface area contributed by atoms with Crippen LogP contribution in [0.4, 0.5) is 17.2 Å². The first-order valence-corrected chi connectivity index (χ1v) is 11.0. The van der Waals surface area contributed by atoms with Crippen LogP contribution in [0, 0.1) is 0 Å². The number of benzene rings is 1. The third kappa shape index (κ3) is 3.94. The van der Waals surface area contributed by atoms with Gasteiger partial charge in [0, 0.05) is 44.4 Å². The van der Waals surface area contributed by atoms with Crippen molar-refractivity contribution in [2.75, 3.05) is 29.2 Å². The second-order valence-electron chi connectivity index (χ2n) is 8.19. The van der Waals surface area contributed by atoms with Crippen molar-refractivity contribution in [2.45, 2.75) is 19.9 Å². The fourth-order valence-corrected chi connectivity index (χ4v) is 4.05. The summed E-state index contributed by atoms with van der Waals surface area (Å²) in [7, 11) is 3.96. The molecule has 1 aliphatic rings. The van der Waals surface area contributed by atoms with E-state index in [-0.39, 0.29) is 18.4 Å². The minimum absolute atomic E-state index is 0.0456. The molecule has 0 fully saturated rings. The molecule has 2 amide bonds. The number of pyridine rings is 1. The van der Waals surface area contributed by atoms with E-state index in [0.29, 0.717) is 29.2 Å². The SMILES string of the molecule is CCc1nc2ccc(C(=O)Nc3ccc4c(c3)OCC(=O)N4)cn2c1N(C)Cc1nccn1C. The molecule has 4 heterocycles. The maximum absolute atomic E-state index is 13.1. The van der Waals surface area contributed by atoms with Gasteiger partial charge in [0.15, 0.2) is 6.61 Å². The lowest BCUT2D eigenvalue weighted by molar-refractivity contribution is -0.118. The number of hydrogen-bond donors (Lipinski definition) is 2. The van der Waals surface area contributed by atoms with Crippen LogP contribution >= 0.6 is 0 Å². The molecular formula is C24H25N7O3. The number of imidazole rings is 2. The summed E-state index contributed by atoms with van der Waals surface area (Å²) in [5, 5.41) is 5.64. The number of nitrogens with zero attached hydrogens (tertiary/aromatic N) is 5. The average Bonchev–Trinajstić information content (AvgIpc) is 3.41. The molecule has 4 aromatic rings. The molecule has 5 rings (SSSR count). The molecule has 0 saturated heterocycles. The number of carbonyl (C=O) groups excluding carboxylic acids is 2. The predicted octanol–water partition coefficient (Wildman–Crippen LogP) is 2.85. The van der Waals surface area contributed by atoms with E-state index in [9.17, 15) is 9.59 Å². The van der Waals surface area contributed by atoms with Gasteiger partial charge >= 0.3 is 0 Å². The Bertz CT molecular complexity index is 1410. The highest BCUT2D eigenvalue weighted by Crippen LogP contribution is 2.31.